The van der Waals surface area contributed by atoms with Gasteiger partial charge in [0.1, 0.15) is 0 Å². The molecule has 0 saturated carbocycles. The third-order valence-corrected chi connectivity index (χ3v) is 3.14. The van der Waals surface area contributed by atoms with Crippen LogP contribution in [0.15, 0.2) is 24.3 Å². The number of nitrogens with two attached hydrogens (primary N) is 1. The maximum absolute atomic E-state index is 12.1. The summed E-state index contributed by atoms with van der Waals surface area (Å²) in [6.45, 7) is 5.96. The second-order valence-corrected chi connectivity index (χ2v) is 5.14. The predicted molar refractivity (Wildman–Crippen MR) is 79.6 cm³/mol. The van der Waals surface area contributed by atoms with Gasteiger partial charge in [0.25, 0.3) is 0 Å². The molecule has 0 bridgehead atoms. The second-order valence-electron chi connectivity index (χ2n) is 4.66. The van der Waals surface area contributed by atoms with Crippen molar-refractivity contribution in [3.05, 3.63) is 29.8 Å². The van der Waals surface area contributed by atoms with Crippen LogP contribution < -0.4 is 11.1 Å². The molecule has 0 aliphatic rings. The highest BCUT2D eigenvalue weighted by atomic mass is 32.1. The zero-order valence-corrected chi connectivity index (χ0v) is 11.9. The lowest BCUT2D eigenvalue weighted by molar-refractivity contribution is -0.118. The Balaban J connectivity index is 2.76. The average molecular weight is 264 g/mol. The molecular formula is C14H20N2OS. The van der Waals surface area contributed by atoms with Crippen molar-refractivity contribution in [2.75, 3.05) is 5.32 Å². The summed E-state index contributed by atoms with van der Waals surface area (Å²) in [5, 5.41) is 2.85. The highest BCUT2D eigenvalue weighted by molar-refractivity contribution is 7.80. The molecule has 1 aromatic rings. The van der Waals surface area contributed by atoms with Crippen LogP contribution in [-0.4, -0.2) is 10.9 Å². The molecule has 3 N–H and O–H groups in total. The lowest BCUT2D eigenvalue weighted by Gasteiger charge is -2.18. The molecule has 0 radical (unpaired) electrons. The highest BCUT2D eigenvalue weighted by Crippen LogP contribution is 2.16. The van der Waals surface area contributed by atoms with Crippen LogP contribution >= 0.6 is 12.2 Å². The Kier molecular flexibility index (Phi) is 5.28. The molecule has 0 aromatic heterocycles. The molecule has 4 heteroatoms. The van der Waals surface area contributed by atoms with Crippen molar-refractivity contribution in [1.82, 2.24) is 0 Å². The quantitative estimate of drug-likeness (QED) is 0.804. The van der Waals surface area contributed by atoms with Crippen molar-refractivity contribution in [1.29, 1.82) is 0 Å². The Bertz CT molecular complexity index is 426. The number of anilines is 1. The van der Waals surface area contributed by atoms with E-state index < -0.39 is 5.92 Å². The monoisotopic (exact) mass is 264 g/mol. The van der Waals surface area contributed by atoms with Crippen LogP contribution in [0.4, 0.5) is 5.69 Å². The van der Waals surface area contributed by atoms with Gasteiger partial charge in [0.05, 0.1) is 10.9 Å². The van der Waals surface area contributed by atoms with Crippen LogP contribution in [0.3, 0.4) is 0 Å². The van der Waals surface area contributed by atoms with E-state index in [1.165, 1.54) is 5.56 Å². The molecule has 0 fully saturated rings. The summed E-state index contributed by atoms with van der Waals surface area (Å²) >= 11 is 4.94. The van der Waals surface area contributed by atoms with E-state index in [0.29, 0.717) is 0 Å². The topological polar surface area (TPSA) is 55.1 Å². The first-order valence-corrected chi connectivity index (χ1v) is 6.55. The summed E-state index contributed by atoms with van der Waals surface area (Å²) in [7, 11) is 0. The summed E-state index contributed by atoms with van der Waals surface area (Å²) in [5.74, 6) is -0.468. The van der Waals surface area contributed by atoms with Gasteiger partial charge >= 0.3 is 0 Å². The van der Waals surface area contributed by atoms with Gasteiger partial charge in [-0.1, -0.05) is 45.1 Å². The summed E-state index contributed by atoms with van der Waals surface area (Å²) in [4.78, 5) is 12.3. The molecule has 1 rings (SSSR count). The van der Waals surface area contributed by atoms with Crippen molar-refractivity contribution in [3.63, 3.8) is 0 Å². The first-order chi connectivity index (χ1) is 8.45. The molecule has 98 valence electrons. The van der Waals surface area contributed by atoms with Gasteiger partial charge in [0.2, 0.25) is 5.91 Å². The number of hydrogen-bond donors (Lipinski definition) is 2. The Morgan fingerprint density at radius 3 is 2.28 bits per heavy atom. The van der Waals surface area contributed by atoms with Crippen molar-refractivity contribution >= 4 is 28.8 Å². The molecular weight excluding hydrogens is 244 g/mol. The fourth-order valence-corrected chi connectivity index (χ4v) is 2.18. The van der Waals surface area contributed by atoms with E-state index in [1.54, 1.807) is 0 Å². The Hall–Kier alpha value is -1.42. The van der Waals surface area contributed by atoms with Crippen LogP contribution in [0.2, 0.25) is 0 Å². The Morgan fingerprint density at radius 1 is 1.33 bits per heavy atom. The van der Waals surface area contributed by atoms with Gasteiger partial charge in [-0.3, -0.25) is 4.79 Å². The number of rotatable bonds is 5. The largest absolute Gasteiger partial charge is 0.393 e. The third kappa shape index (κ3) is 3.81. The van der Waals surface area contributed by atoms with E-state index in [1.807, 2.05) is 38.1 Å². The standard InChI is InChI=1S/C14H20N2OS/c1-4-10-5-7-11(8-6-10)16-14(17)12(9(2)3)13(15)18/h5-9,12H,4H2,1-3H3,(H2,15,18)(H,16,17). The van der Waals surface area contributed by atoms with E-state index in [9.17, 15) is 4.79 Å². The molecule has 18 heavy (non-hydrogen) atoms. The SMILES string of the molecule is CCc1ccc(NC(=O)C(C(N)=S)C(C)C)cc1. The van der Waals surface area contributed by atoms with Crippen LogP contribution in [0, 0.1) is 11.8 Å². The number of carbonyl (C=O) groups is 1. The fraction of sp³-hybridized carbons (Fsp3) is 0.429. The van der Waals surface area contributed by atoms with Crippen molar-refractivity contribution in [2.24, 2.45) is 17.6 Å². The van der Waals surface area contributed by atoms with Crippen LogP contribution in [0.1, 0.15) is 26.3 Å². The van der Waals surface area contributed by atoms with Gasteiger partial charge in [0.15, 0.2) is 0 Å². The summed E-state index contributed by atoms with van der Waals surface area (Å²) in [6, 6.07) is 7.79. The van der Waals surface area contributed by atoms with Crippen molar-refractivity contribution in [2.45, 2.75) is 27.2 Å². The number of aryl methyl sites for hydroxylation is 1. The lowest BCUT2D eigenvalue weighted by Crippen LogP contribution is -2.36. The first kappa shape index (κ1) is 14.6. The molecule has 0 aliphatic carbocycles. The van der Waals surface area contributed by atoms with E-state index in [2.05, 4.69) is 12.2 Å². The molecule has 3 nitrogen and oxygen atoms in total. The molecule has 1 atom stereocenters. The summed E-state index contributed by atoms with van der Waals surface area (Å²) in [6.07, 6.45) is 0.982. The van der Waals surface area contributed by atoms with Crippen LogP contribution in [0.25, 0.3) is 0 Å². The van der Waals surface area contributed by atoms with Crippen LogP contribution in [-0.2, 0) is 11.2 Å². The van der Waals surface area contributed by atoms with Gasteiger partial charge in [-0.15, -0.1) is 0 Å². The second kappa shape index (κ2) is 6.50. The number of benzene rings is 1. The zero-order valence-electron chi connectivity index (χ0n) is 11.1. The minimum Gasteiger partial charge on any atom is -0.393 e. The minimum absolute atomic E-state index is 0.0948. The number of amides is 1. The number of nitrogens with one attached hydrogen (secondary N) is 1. The normalized spacial score (nSPS) is 12.2. The molecule has 1 unspecified atom stereocenters. The first-order valence-electron chi connectivity index (χ1n) is 6.14. The fourth-order valence-electron chi connectivity index (χ4n) is 1.80. The molecule has 1 amide bonds. The van der Waals surface area contributed by atoms with E-state index in [4.69, 9.17) is 18.0 Å². The van der Waals surface area contributed by atoms with Crippen molar-refractivity contribution in [3.8, 4) is 0 Å². The predicted octanol–water partition coefficient (Wildman–Crippen LogP) is 2.75. The zero-order chi connectivity index (χ0) is 13.7. The Labute approximate surface area is 114 Å². The lowest BCUT2D eigenvalue weighted by atomic mass is 9.95. The number of thiocarbonyl (C=S) groups is 1. The van der Waals surface area contributed by atoms with Crippen LogP contribution in [0.5, 0.6) is 0 Å². The maximum Gasteiger partial charge on any atom is 0.234 e. The molecule has 1 aromatic carbocycles. The molecule has 0 saturated heterocycles. The maximum atomic E-state index is 12.1. The smallest absolute Gasteiger partial charge is 0.234 e. The van der Waals surface area contributed by atoms with Gasteiger partial charge < -0.3 is 11.1 Å². The van der Waals surface area contributed by atoms with Gasteiger partial charge in [-0.25, -0.2) is 0 Å². The average Bonchev–Trinajstić information content (AvgIpc) is 2.28. The van der Waals surface area contributed by atoms with E-state index in [0.717, 1.165) is 12.1 Å². The minimum atomic E-state index is -0.425. The Morgan fingerprint density at radius 2 is 1.89 bits per heavy atom. The highest BCUT2D eigenvalue weighted by Gasteiger charge is 2.24. The molecule has 0 aliphatic heterocycles. The van der Waals surface area contributed by atoms with E-state index >= 15 is 0 Å². The van der Waals surface area contributed by atoms with Gasteiger partial charge in [0, 0.05) is 5.69 Å². The molecule has 0 spiro atoms. The number of carbonyl (C=O) groups excluding carboxylic acids is 1. The number of hydrogen-bond acceptors (Lipinski definition) is 2. The van der Waals surface area contributed by atoms with Gasteiger partial charge in [-0.2, -0.15) is 0 Å². The summed E-state index contributed by atoms with van der Waals surface area (Å²) in [5.41, 5.74) is 7.62. The summed E-state index contributed by atoms with van der Waals surface area (Å²) < 4.78 is 0. The van der Waals surface area contributed by atoms with Crippen molar-refractivity contribution < 1.29 is 4.79 Å². The van der Waals surface area contributed by atoms with Gasteiger partial charge in [-0.05, 0) is 30.0 Å². The third-order valence-electron chi connectivity index (χ3n) is 2.89. The van der Waals surface area contributed by atoms with E-state index in [-0.39, 0.29) is 16.8 Å². The molecule has 0 heterocycles.